The van der Waals surface area contributed by atoms with E-state index in [0.717, 1.165) is 0 Å². The van der Waals surface area contributed by atoms with Gasteiger partial charge in [-0.15, -0.1) is 0 Å². The Bertz CT molecular complexity index is 819. The fraction of sp³-hybridized carbons (Fsp3) is 0.176. The highest BCUT2D eigenvalue weighted by Crippen LogP contribution is 2.31. The quantitative estimate of drug-likeness (QED) is 0.470. The number of rotatable bonds is 7. The van der Waals surface area contributed by atoms with Gasteiger partial charge in [-0.1, -0.05) is 12.1 Å². The lowest BCUT2D eigenvalue weighted by atomic mass is 10.1. The molecular formula is C17H16N2O6. The molecule has 0 aliphatic rings. The van der Waals surface area contributed by atoms with Crippen LogP contribution in [0.4, 0.5) is 11.4 Å². The number of amides is 1. The second-order valence-corrected chi connectivity index (χ2v) is 5.03. The molecule has 2 rings (SSSR count). The molecule has 0 heterocycles. The van der Waals surface area contributed by atoms with Crippen LogP contribution >= 0.6 is 0 Å². The Kier molecular flexibility index (Phi) is 5.67. The van der Waals surface area contributed by atoms with Gasteiger partial charge in [0.15, 0.2) is 23.9 Å². The normalized spacial score (nSPS) is 10.0. The average molecular weight is 344 g/mol. The van der Waals surface area contributed by atoms with E-state index in [0.29, 0.717) is 11.3 Å². The minimum absolute atomic E-state index is 0.0757. The van der Waals surface area contributed by atoms with Gasteiger partial charge in [-0.3, -0.25) is 19.7 Å². The summed E-state index contributed by atoms with van der Waals surface area (Å²) in [6, 6.07) is 10.4. The molecule has 2 aromatic carbocycles. The zero-order valence-electron chi connectivity index (χ0n) is 13.6. The first-order valence-corrected chi connectivity index (χ1v) is 7.27. The Balaban J connectivity index is 2.09. The third kappa shape index (κ3) is 4.54. The van der Waals surface area contributed by atoms with Crippen molar-refractivity contribution in [2.24, 2.45) is 0 Å². The number of Topliss-reactive ketones (excluding diaryl/α,β-unsaturated/α-hetero) is 1. The maximum absolute atomic E-state index is 12.1. The van der Waals surface area contributed by atoms with Gasteiger partial charge in [-0.2, -0.15) is 0 Å². The van der Waals surface area contributed by atoms with E-state index in [2.05, 4.69) is 5.32 Å². The highest BCUT2D eigenvalue weighted by Gasteiger charge is 2.15. The number of methoxy groups -OCH3 is 1. The number of carbonyl (C=O) groups is 2. The third-order valence-corrected chi connectivity index (χ3v) is 3.30. The standard InChI is InChI=1S/C17H16N2O6/c1-11(20)13-5-3-4-6-14(13)18-17(21)10-25-16-9-12(19(22)23)7-8-15(16)24-2/h3-9H,10H2,1-2H3,(H,18,21). The van der Waals surface area contributed by atoms with Crippen LogP contribution in [0.3, 0.4) is 0 Å². The van der Waals surface area contributed by atoms with Gasteiger partial charge >= 0.3 is 0 Å². The van der Waals surface area contributed by atoms with E-state index < -0.39 is 17.4 Å². The number of nitrogens with one attached hydrogen (secondary N) is 1. The number of ketones is 1. The van der Waals surface area contributed by atoms with Crippen molar-refractivity contribution in [3.05, 3.63) is 58.1 Å². The molecule has 0 atom stereocenters. The number of hydrogen-bond donors (Lipinski definition) is 1. The van der Waals surface area contributed by atoms with Crippen LogP contribution in [-0.2, 0) is 4.79 Å². The van der Waals surface area contributed by atoms with Crippen molar-refractivity contribution in [3.63, 3.8) is 0 Å². The topological polar surface area (TPSA) is 108 Å². The lowest BCUT2D eigenvalue weighted by Crippen LogP contribution is -2.21. The monoisotopic (exact) mass is 344 g/mol. The molecule has 0 spiro atoms. The van der Waals surface area contributed by atoms with E-state index >= 15 is 0 Å². The molecule has 0 aliphatic heterocycles. The van der Waals surface area contributed by atoms with E-state index in [1.807, 2.05) is 0 Å². The van der Waals surface area contributed by atoms with Crippen LogP contribution in [0.2, 0.25) is 0 Å². The molecule has 1 N–H and O–H groups in total. The van der Waals surface area contributed by atoms with Crippen LogP contribution in [0.15, 0.2) is 42.5 Å². The molecule has 8 nitrogen and oxygen atoms in total. The Morgan fingerprint density at radius 2 is 1.88 bits per heavy atom. The van der Waals surface area contributed by atoms with Crippen molar-refractivity contribution in [2.45, 2.75) is 6.92 Å². The maximum atomic E-state index is 12.1. The van der Waals surface area contributed by atoms with Crippen molar-refractivity contribution in [1.82, 2.24) is 0 Å². The summed E-state index contributed by atoms with van der Waals surface area (Å²) in [5, 5.41) is 13.4. The SMILES string of the molecule is COc1ccc([N+](=O)[O-])cc1OCC(=O)Nc1ccccc1C(C)=O. The van der Waals surface area contributed by atoms with Crippen molar-refractivity contribution in [2.75, 3.05) is 19.0 Å². The van der Waals surface area contributed by atoms with Gasteiger partial charge in [-0.25, -0.2) is 0 Å². The molecule has 0 aliphatic carbocycles. The van der Waals surface area contributed by atoms with E-state index in [-0.39, 0.29) is 23.0 Å². The van der Waals surface area contributed by atoms with Crippen LogP contribution in [-0.4, -0.2) is 30.3 Å². The molecule has 0 radical (unpaired) electrons. The summed E-state index contributed by atoms with van der Waals surface area (Å²) in [4.78, 5) is 33.9. The number of carbonyl (C=O) groups excluding carboxylic acids is 2. The zero-order valence-corrected chi connectivity index (χ0v) is 13.6. The molecule has 130 valence electrons. The molecule has 1 amide bonds. The smallest absolute Gasteiger partial charge is 0.273 e. The third-order valence-electron chi connectivity index (χ3n) is 3.30. The number of nitro groups is 1. The number of hydrogen-bond acceptors (Lipinski definition) is 6. The minimum Gasteiger partial charge on any atom is -0.493 e. The first-order chi connectivity index (χ1) is 11.9. The number of non-ortho nitro benzene ring substituents is 1. The number of para-hydroxylation sites is 1. The molecule has 8 heteroatoms. The Morgan fingerprint density at radius 1 is 1.16 bits per heavy atom. The fourth-order valence-electron chi connectivity index (χ4n) is 2.12. The summed E-state index contributed by atoms with van der Waals surface area (Å²) in [6.45, 7) is 0.999. The lowest BCUT2D eigenvalue weighted by Gasteiger charge is -2.12. The molecular weight excluding hydrogens is 328 g/mol. The number of anilines is 1. The summed E-state index contributed by atoms with van der Waals surface area (Å²) in [6.07, 6.45) is 0. The van der Waals surface area contributed by atoms with E-state index in [1.165, 1.54) is 32.2 Å². The highest BCUT2D eigenvalue weighted by atomic mass is 16.6. The van der Waals surface area contributed by atoms with Crippen molar-refractivity contribution in [1.29, 1.82) is 0 Å². The van der Waals surface area contributed by atoms with Crippen molar-refractivity contribution >= 4 is 23.1 Å². The largest absolute Gasteiger partial charge is 0.493 e. The van der Waals surface area contributed by atoms with Gasteiger partial charge in [0.05, 0.1) is 23.8 Å². The van der Waals surface area contributed by atoms with Gasteiger partial charge in [0.2, 0.25) is 0 Å². The molecule has 0 fully saturated rings. The van der Waals surface area contributed by atoms with Crippen LogP contribution in [0.25, 0.3) is 0 Å². The molecule has 0 saturated heterocycles. The lowest BCUT2D eigenvalue weighted by molar-refractivity contribution is -0.385. The average Bonchev–Trinajstić information content (AvgIpc) is 2.59. The summed E-state index contributed by atoms with van der Waals surface area (Å²) in [7, 11) is 1.39. The Labute approximate surface area is 143 Å². The number of nitrogens with zero attached hydrogens (tertiary/aromatic N) is 1. The summed E-state index contributed by atoms with van der Waals surface area (Å²) in [5.74, 6) is -0.353. The minimum atomic E-state index is -0.574. The number of benzene rings is 2. The predicted octanol–water partition coefficient (Wildman–Crippen LogP) is 2.82. The second kappa shape index (κ2) is 7.91. The van der Waals surface area contributed by atoms with Gasteiger partial charge in [-0.05, 0) is 25.1 Å². The Hall–Kier alpha value is -3.42. The number of ether oxygens (including phenoxy) is 2. The molecule has 0 bridgehead atoms. The van der Waals surface area contributed by atoms with Gasteiger partial charge in [0.1, 0.15) is 0 Å². The number of nitro benzene ring substituents is 1. The van der Waals surface area contributed by atoms with E-state index in [4.69, 9.17) is 9.47 Å². The second-order valence-electron chi connectivity index (χ2n) is 5.03. The van der Waals surface area contributed by atoms with Crippen molar-refractivity contribution < 1.29 is 24.0 Å². The van der Waals surface area contributed by atoms with Gasteiger partial charge in [0, 0.05) is 11.6 Å². The van der Waals surface area contributed by atoms with Crippen LogP contribution in [0.5, 0.6) is 11.5 Å². The molecule has 25 heavy (non-hydrogen) atoms. The summed E-state index contributed by atoms with van der Waals surface area (Å²) >= 11 is 0. The van der Waals surface area contributed by atoms with E-state index in [9.17, 15) is 19.7 Å². The first-order valence-electron chi connectivity index (χ1n) is 7.27. The van der Waals surface area contributed by atoms with Crippen LogP contribution in [0.1, 0.15) is 17.3 Å². The van der Waals surface area contributed by atoms with Crippen LogP contribution in [0, 0.1) is 10.1 Å². The highest BCUT2D eigenvalue weighted by molar-refractivity contribution is 6.03. The molecule has 0 aromatic heterocycles. The van der Waals surface area contributed by atoms with Gasteiger partial charge in [0.25, 0.3) is 11.6 Å². The fourth-order valence-corrected chi connectivity index (χ4v) is 2.12. The van der Waals surface area contributed by atoms with Crippen molar-refractivity contribution in [3.8, 4) is 11.5 Å². The van der Waals surface area contributed by atoms with Gasteiger partial charge < -0.3 is 14.8 Å². The Morgan fingerprint density at radius 3 is 2.52 bits per heavy atom. The first kappa shape index (κ1) is 17.9. The molecule has 2 aromatic rings. The molecule has 0 saturated carbocycles. The zero-order chi connectivity index (χ0) is 18.4. The summed E-state index contributed by atoms with van der Waals surface area (Å²) in [5.41, 5.74) is 0.566. The molecule has 0 unspecified atom stereocenters. The maximum Gasteiger partial charge on any atom is 0.273 e. The summed E-state index contributed by atoms with van der Waals surface area (Å²) < 4.78 is 10.4. The van der Waals surface area contributed by atoms with E-state index in [1.54, 1.807) is 24.3 Å². The predicted molar refractivity (Wildman–Crippen MR) is 90.2 cm³/mol. The van der Waals surface area contributed by atoms with Crippen LogP contribution < -0.4 is 14.8 Å².